The van der Waals surface area contributed by atoms with E-state index in [0.29, 0.717) is 18.0 Å². The minimum atomic E-state index is -0.453. The van der Waals surface area contributed by atoms with Crippen LogP contribution in [0.1, 0.15) is 12.5 Å². The molecule has 1 amide bonds. The Morgan fingerprint density at radius 2 is 1.79 bits per heavy atom. The predicted molar refractivity (Wildman–Crippen MR) is 95.0 cm³/mol. The van der Waals surface area contributed by atoms with E-state index in [4.69, 9.17) is 9.47 Å². The largest absolute Gasteiger partial charge is 0.492 e. The van der Waals surface area contributed by atoms with Crippen molar-refractivity contribution in [2.24, 2.45) is 0 Å². The van der Waals surface area contributed by atoms with Crippen LogP contribution >= 0.6 is 15.9 Å². The molecule has 0 spiro atoms. The maximum atomic E-state index is 11.9. The molecular formula is C18H18BrNO4. The number of rotatable bonds is 7. The van der Waals surface area contributed by atoms with E-state index in [1.54, 1.807) is 18.2 Å². The monoisotopic (exact) mass is 391 g/mol. The number of hydrogen-bond donors (Lipinski definition) is 1. The average Bonchev–Trinajstić information content (AvgIpc) is 2.57. The first-order valence-electron chi connectivity index (χ1n) is 7.50. The number of hydrogen-bond acceptors (Lipinski definition) is 4. The van der Waals surface area contributed by atoms with Crippen LogP contribution in [0.2, 0.25) is 0 Å². The van der Waals surface area contributed by atoms with Gasteiger partial charge in [-0.25, -0.2) is 0 Å². The normalized spacial score (nSPS) is 10.1. The third kappa shape index (κ3) is 5.70. The van der Waals surface area contributed by atoms with Crippen LogP contribution in [0.15, 0.2) is 53.0 Å². The fourth-order valence-electron chi connectivity index (χ4n) is 2.00. The lowest BCUT2D eigenvalue weighted by molar-refractivity contribution is -0.146. The van der Waals surface area contributed by atoms with E-state index in [1.165, 1.54) is 0 Å². The van der Waals surface area contributed by atoms with Crippen molar-refractivity contribution in [2.45, 2.75) is 13.3 Å². The van der Waals surface area contributed by atoms with E-state index in [0.717, 1.165) is 10.0 Å². The number of amides is 1. The summed E-state index contributed by atoms with van der Waals surface area (Å²) in [6.45, 7) is 2.02. The van der Waals surface area contributed by atoms with Gasteiger partial charge in [0.2, 0.25) is 0 Å². The van der Waals surface area contributed by atoms with Crippen LogP contribution in [0.4, 0.5) is 5.69 Å². The molecule has 6 heteroatoms. The third-order valence-electron chi connectivity index (χ3n) is 3.09. The highest BCUT2D eigenvalue weighted by atomic mass is 79.9. The van der Waals surface area contributed by atoms with Crippen LogP contribution in [0.25, 0.3) is 0 Å². The second kappa shape index (κ2) is 9.08. The molecule has 0 saturated heterocycles. The third-order valence-corrected chi connectivity index (χ3v) is 3.62. The number of benzene rings is 2. The second-order valence-electron chi connectivity index (χ2n) is 4.94. The molecule has 0 unspecified atom stereocenters. The molecule has 1 N–H and O–H groups in total. The molecule has 2 rings (SSSR count). The van der Waals surface area contributed by atoms with Gasteiger partial charge in [0.05, 0.1) is 18.7 Å². The van der Waals surface area contributed by atoms with Crippen molar-refractivity contribution in [3.63, 3.8) is 0 Å². The summed E-state index contributed by atoms with van der Waals surface area (Å²) in [6.07, 6.45) is 0.121. The van der Waals surface area contributed by atoms with E-state index in [1.807, 2.05) is 37.3 Å². The average molecular weight is 392 g/mol. The topological polar surface area (TPSA) is 64.6 Å². The molecule has 0 saturated carbocycles. The van der Waals surface area contributed by atoms with Crippen molar-refractivity contribution in [1.29, 1.82) is 0 Å². The number of halogens is 1. The fourth-order valence-corrected chi connectivity index (χ4v) is 2.27. The Labute approximate surface area is 149 Å². The molecule has 5 nitrogen and oxygen atoms in total. The van der Waals surface area contributed by atoms with Gasteiger partial charge in [-0.15, -0.1) is 0 Å². The molecule has 0 aliphatic heterocycles. The van der Waals surface area contributed by atoms with Crippen molar-refractivity contribution in [2.75, 3.05) is 18.5 Å². The Kier molecular flexibility index (Phi) is 6.81. The number of carbonyl (C=O) groups is 2. The highest BCUT2D eigenvalue weighted by molar-refractivity contribution is 9.10. The molecule has 24 heavy (non-hydrogen) atoms. The van der Waals surface area contributed by atoms with Crippen LogP contribution < -0.4 is 10.1 Å². The van der Waals surface area contributed by atoms with Crippen LogP contribution in [0, 0.1) is 0 Å². The summed E-state index contributed by atoms with van der Waals surface area (Å²) in [4.78, 5) is 23.7. The smallest absolute Gasteiger partial charge is 0.310 e. The molecule has 0 atom stereocenters. The van der Waals surface area contributed by atoms with Crippen molar-refractivity contribution in [3.8, 4) is 5.75 Å². The lowest BCUT2D eigenvalue weighted by Crippen LogP contribution is -2.22. The standard InChI is InChI=1S/C18H18BrNO4/c1-2-23-16-6-4-3-5-15(16)20-17(21)12-24-18(22)11-13-7-9-14(19)10-8-13/h3-10H,2,11-12H2,1H3,(H,20,21). The SMILES string of the molecule is CCOc1ccccc1NC(=O)COC(=O)Cc1ccc(Br)cc1. The van der Waals surface area contributed by atoms with E-state index in [-0.39, 0.29) is 13.0 Å². The van der Waals surface area contributed by atoms with Gasteiger partial charge >= 0.3 is 5.97 Å². The summed E-state index contributed by atoms with van der Waals surface area (Å²) in [5.41, 5.74) is 1.37. The van der Waals surface area contributed by atoms with Gasteiger partial charge < -0.3 is 14.8 Å². The van der Waals surface area contributed by atoms with Gasteiger partial charge in [0, 0.05) is 4.47 Å². The Balaban J connectivity index is 1.82. The van der Waals surface area contributed by atoms with Crippen molar-refractivity contribution in [3.05, 3.63) is 58.6 Å². The van der Waals surface area contributed by atoms with Gasteiger partial charge in [-0.3, -0.25) is 9.59 Å². The molecular weight excluding hydrogens is 374 g/mol. The van der Waals surface area contributed by atoms with Crippen molar-refractivity contribution < 1.29 is 19.1 Å². The Morgan fingerprint density at radius 1 is 1.08 bits per heavy atom. The molecule has 0 radical (unpaired) electrons. The highest BCUT2D eigenvalue weighted by Crippen LogP contribution is 2.23. The lowest BCUT2D eigenvalue weighted by Gasteiger charge is -2.11. The quantitative estimate of drug-likeness (QED) is 0.732. The van der Waals surface area contributed by atoms with Gasteiger partial charge in [0.25, 0.3) is 5.91 Å². The number of para-hydroxylation sites is 2. The first-order valence-corrected chi connectivity index (χ1v) is 8.29. The van der Waals surface area contributed by atoms with Crippen LogP contribution in [0.5, 0.6) is 5.75 Å². The minimum absolute atomic E-state index is 0.121. The molecule has 0 aromatic heterocycles. The molecule has 2 aromatic carbocycles. The summed E-state index contributed by atoms with van der Waals surface area (Å²) >= 11 is 3.33. The maximum absolute atomic E-state index is 11.9. The van der Waals surface area contributed by atoms with E-state index >= 15 is 0 Å². The number of nitrogens with one attached hydrogen (secondary N) is 1. The van der Waals surface area contributed by atoms with Gasteiger partial charge in [0.15, 0.2) is 6.61 Å². The van der Waals surface area contributed by atoms with E-state index < -0.39 is 11.9 Å². The predicted octanol–water partition coefficient (Wildman–Crippen LogP) is 3.57. The Morgan fingerprint density at radius 3 is 2.50 bits per heavy atom. The van der Waals surface area contributed by atoms with Crippen molar-refractivity contribution in [1.82, 2.24) is 0 Å². The van der Waals surface area contributed by atoms with Crippen LogP contribution in [-0.4, -0.2) is 25.1 Å². The number of anilines is 1. The lowest BCUT2D eigenvalue weighted by atomic mass is 10.2. The molecule has 0 fully saturated rings. The van der Waals surface area contributed by atoms with Crippen LogP contribution in [0.3, 0.4) is 0 Å². The van der Waals surface area contributed by atoms with E-state index in [2.05, 4.69) is 21.2 Å². The number of esters is 1. The van der Waals surface area contributed by atoms with Gasteiger partial charge in [-0.05, 0) is 36.8 Å². The van der Waals surface area contributed by atoms with Crippen LogP contribution in [-0.2, 0) is 20.7 Å². The van der Waals surface area contributed by atoms with Crippen molar-refractivity contribution >= 4 is 33.5 Å². The minimum Gasteiger partial charge on any atom is -0.492 e. The summed E-state index contributed by atoms with van der Waals surface area (Å²) in [7, 11) is 0. The van der Waals surface area contributed by atoms with Gasteiger partial charge in [-0.1, -0.05) is 40.2 Å². The maximum Gasteiger partial charge on any atom is 0.310 e. The fraction of sp³-hybridized carbons (Fsp3) is 0.222. The molecule has 2 aromatic rings. The Hall–Kier alpha value is -2.34. The summed E-state index contributed by atoms with van der Waals surface area (Å²) in [6, 6.07) is 14.4. The molecule has 0 bridgehead atoms. The molecule has 126 valence electrons. The first-order chi connectivity index (χ1) is 11.6. The number of ether oxygens (including phenoxy) is 2. The number of carbonyl (C=O) groups excluding carboxylic acids is 2. The zero-order valence-electron chi connectivity index (χ0n) is 13.3. The zero-order chi connectivity index (χ0) is 17.4. The van der Waals surface area contributed by atoms with Gasteiger partial charge in [0.1, 0.15) is 5.75 Å². The van der Waals surface area contributed by atoms with Gasteiger partial charge in [-0.2, -0.15) is 0 Å². The summed E-state index contributed by atoms with van der Waals surface area (Å²) in [5, 5.41) is 2.67. The zero-order valence-corrected chi connectivity index (χ0v) is 14.8. The van der Waals surface area contributed by atoms with E-state index in [9.17, 15) is 9.59 Å². The molecule has 0 aliphatic rings. The summed E-state index contributed by atoms with van der Waals surface area (Å²) < 4.78 is 11.4. The Bertz CT molecular complexity index is 700. The molecule has 0 heterocycles. The molecule has 0 aliphatic carbocycles. The highest BCUT2D eigenvalue weighted by Gasteiger charge is 2.11. The summed E-state index contributed by atoms with van der Waals surface area (Å²) in [5.74, 6) is -0.286. The second-order valence-corrected chi connectivity index (χ2v) is 5.86. The first kappa shape index (κ1) is 18.0.